The number of anilines is 1. The predicted octanol–water partition coefficient (Wildman–Crippen LogP) is 5.58. The molecule has 2 rings (SSSR count). The van der Waals surface area contributed by atoms with E-state index in [0.29, 0.717) is 17.7 Å². The molecule has 7 heteroatoms. The summed E-state index contributed by atoms with van der Waals surface area (Å²) in [6.45, 7) is 3.71. The van der Waals surface area contributed by atoms with Crippen LogP contribution >= 0.6 is 27.7 Å². The summed E-state index contributed by atoms with van der Waals surface area (Å²) in [5.41, 5.74) is 0.512. The fourth-order valence-corrected chi connectivity index (χ4v) is 3.51. The molecule has 5 nitrogen and oxygen atoms in total. The Kier molecular flexibility index (Phi) is 7.59. The number of hydrogen-bond donors (Lipinski definition) is 3. The van der Waals surface area contributed by atoms with Gasteiger partial charge in [-0.2, -0.15) is 0 Å². The van der Waals surface area contributed by atoms with Gasteiger partial charge in [0.15, 0.2) is 0 Å². The van der Waals surface area contributed by atoms with Crippen LogP contribution < -0.4 is 5.32 Å². The van der Waals surface area contributed by atoms with Gasteiger partial charge < -0.3 is 14.9 Å². The molecule has 2 aromatic rings. The predicted molar refractivity (Wildman–Crippen MR) is 112 cm³/mol. The fraction of sp³-hybridized carbons (Fsp3) is 0.350. The standard InChI is InChI=1S/C20H24BrNO4S/c1-20(2,10-11-23)18(16-12-13(21)4-9-17(16)24)26-19(25)22-14-5-7-15(27-3)8-6-14/h4-9,12,18,23-24H,10-11H2,1-3H3,(H,22,25)/t18-/m1/s1. The largest absolute Gasteiger partial charge is 0.508 e. The number of rotatable bonds is 7. The van der Waals surface area contributed by atoms with E-state index in [1.54, 1.807) is 42.1 Å². The molecule has 0 radical (unpaired) electrons. The number of halogens is 1. The number of aromatic hydroxyl groups is 1. The van der Waals surface area contributed by atoms with Crippen molar-refractivity contribution in [3.8, 4) is 5.75 Å². The summed E-state index contributed by atoms with van der Waals surface area (Å²) in [6, 6.07) is 12.4. The molecule has 0 saturated heterocycles. The highest BCUT2D eigenvalue weighted by Crippen LogP contribution is 2.43. The van der Waals surface area contributed by atoms with Crippen molar-refractivity contribution in [1.29, 1.82) is 0 Å². The monoisotopic (exact) mass is 453 g/mol. The van der Waals surface area contributed by atoms with Crippen molar-refractivity contribution in [2.75, 3.05) is 18.2 Å². The molecule has 0 aromatic heterocycles. The number of thioether (sulfide) groups is 1. The summed E-state index contributed by atoms with van der Waals surface area (Å²) in [4.78, 5) is 13.6. The van der Waals surface area contributed by atoms with E-state index in [2.05, 4.69) is 21.2 Å². The Labute approximate surface area is 172 Å². The molecular formula is C20H24BrNO4S. The molecule has 2 aromatic carbocycles. The van der Waals surface area contributed by atoms with Crippen LogP contribution in [0.1, 0.15) is 31.9 Å². The molecule has 0 bridgehead atoms. The molecular weight excluding hydrogens is 430 g/mol. The average molecular weight is 454 g/mol. The molecule has 0 fully saturated rings. The average Bonchev–Trinajstić information content (AvgIpc) is 2.62. The first-order valence-electron chi connectivity index (χ1n) is 8.48. The number of hydrogen-bond acceptors (Lipinski definition) is 5. The third-order valence-corrected chi connectivity index (χ3v) is 5.54. The Morgan fingerprint density at radius 3 is 2.52 bits per heavy atom. The minimum absolute atomic E-state index is 0.0336. The molecule has 1 atom stereocenters. The van der Waals surface area contributed by atoms with E-state index in [-0.39, 0.29) is 12.4 Å². The number of amides is 1. The van der Waals surface area contributed by atoms with Crippen LogP contribution in [0.2, 0.25) is 0 Å². The van der Waals surface area contributed by atoms with Gasteiger partial charge in [-0.05, 0) is 55.1 Å². The maximum atomic E-state index is 12.5. The maximum absolute atomic E-state index is 12.5. The quantitative estimate of drug-likeness (QED) is 0.477. The Hall–Kier alpha value is -1.70. The van der Waals surface area contributed by atoms with Crippen LogP contribution in [0.4, 0.5) is 10.5 Å². The summed E-state index contributed by atoms with van der Waals surface area (Å²) < 4.78 is 6.46. The Morgan fingerprint density at radius 1 is 1.26 bits per heavy atom. The van der Waals surface area contributed by atoms with Crippen molar-refractivity contribution in [3.63, 3.8) is 0 Å². The minimum atomic E-state index is -0.743. The van der Waals surface area contributed by atoms with Gasteiger partial charge in [-0.1, -0.05) is 29.8 Å². The fourth-order valence-electron chi connectivity index (χ4n) is 2.73. The van der Waals surface area contributed by atoms with E-state index in [1.807, 2.05) is 32.2 Å². The highest BCUT2D eigenvalue weighted by molar-refractivity contribution is 9.10. The number of aliphatic hydroxyl groups excluding tert-OH is 1. The first kappa shape index (κ1) is 21.6. The molecule has 146 valence electrons. The van der Waals surface area contributed by atoms with E-state index in [9.17, 15) is 15.0 Å². The molecule has 0 aliphatic heterocycles. The van der Waals surface area contributed by atoms with E-state index in [0.717, 1.165) is 9.37 Å². The second-order valence-electron chi connectivity index (χ2n) is 6.80. The van der Waals surface area contributed by atoms with Crippen LogP contribution in [0.15, 0.2) is 51.8 Å². The third kappa shape index (κ3) is 5.89. The SMILES string of the molecule is CSc1ccc(NC(=O)O[C@H](c2cc(Br)ccc2O)C(C)(C)CCO)cc1. The van der Waals surface area contributed by atoms with Crippen LogP contribution in [0.5, 0.6) is 5.75 Å². The van der Waals surface area contributed by atoms with Gasteiger partial charge in [0.25, 0.3) is 0 Å². The third-order valence-electron chi connectivity index (χ3n) is 4.30. The minimum Gasteiger partial charge on any atom is -0.508 e. The second-order valence-corrected chi connectivity index (χ2v) is 8.60. The zero-order chi connectivity index (χ0) is 20.0. The van der Waals surface area contributed by atoms with Gasteiger partial charge in [-0.15, -0.1) is 11.8 Å². The second kappa shape index (κ2) is 9.48. The van der Waals surface area contributed by atoms with E-state index in [1.165, 1.54) is 0 Å². The van der Waals surface area contributed by atoms with Gasteiger partial charge in [0.05, 0.1) is 0 Å². The van der Waals surface area contributed by atoms with Crippen LogP contribution in [0.25, 0.3) is 0 Å². The Morgan fingerprint density at radius 2 is 1.93 bits per heavy atom. The number of carbonyl (C=O) groups excluding carboxylic acids is 1. The summed E-state index contributed by atoms with van der Waals surface area (Å²) >= 11 is 5.00. The lowest BCUT2D eigenvalue weighted by molar-refractivity contribution is 0.0138. The highest BCUT2D eigenvalue weighted by Gasteiger charge is 2.35. The molecule has 0 spiro atoms. The van der Waals surface area contributed by atoms with Crippen molar-refractivity contribution < 1.29 is 19.7 Å². The van der Waals surface area contributed by atoms with Gasteiger partial charge in [0, 0.05) is 32.6 Å². The lowest BCUT2D eigenvalue weighted by atomic mass is 9.79. The highest BCUT2D eigenvalue weighted by atomic mass is 79.9. The number of ether oxygens (including phenoxy) is 1. The Bertz CT molecular complexity index is 780. The maximum Gasteiger partial charge on any atom is 0.412 e. The van der Waals surface area contributed by atoms with Crippen LogP contribution in [-0.4, -0.2) is 29.2 Å². The van der Waals surface area contributed by atoms with Crippen LogP contribution in [0, 0.1) is 5.41 Å². The molecule has 0 unspecified atom stereocenters. The lowest BCUT2D eigenvalue weighted by Crippen LogP contribution is -2.30. The first-order chi connectivity index (χ1) is 12.8. The molecule has 0 saturated carbocycles. The normalized spacial score (nSPS) is 12.5. The van der Waals surface area contributed by atoms with Gasteiger partial charge in [-0.3, -0.25) is 5.32 Å². The van der Waals surface area contributed by atoms with Gasteiger partial charge in [0.2, 0.25) is 0 Å². The summed E-state index contributed by atoms with van der Waals surface area (Å²) in [5.74, 6) is 0.0336. The van der Waals surface area contributed by atoms with Crippen LogP contribution in [-0.2, 0) is 4.74 Å². The number of aliphatic hydroxyl groups is 1. The van der Waals surface area contributed by atoms with E-state index >= 15 is 0 Å². The van der Waals surface area contributed by atoms with Gasteiger partial charge in [-0.25, -0.2) is 4.79 Å². The van der Waals surface area contributed by atoms with E-state index < -0.39 is 17.6 Å². The van der Waals surface area contributed by atoms with Crippen molar-refractivity contribution in [2.24, 2.45) is 5.41 Å². The molecule has 0 heterocycles. The number of benzene rings is 2. The number of phenolic OH excluding ortho intramolecular Hbond substituents is 1. The van der Waals surface area contributed by atoms with Gasteiger partial charge in [0.1, 0.15) is 11.9 Å². The van der Waals surface area contributed by atoms with Crippen LogP contribution in [0.3, 0.4) is 0 Å². The molecule has 27 heavy (non-hydrogen) atoms. The summed E-state index contributed by atoms with van der Waals surface area (Å²) in [5, 5.41) is 22.4. The van der Waals surface area contributed by atoms with E-state index in [4.69, 9.17) is 4.74 Å². The summed E-state index contributed by atoms with van der Waals surface area (Å²) in [6.07, 6.45) is 1.02. The van der Waals surface area contributed by atoms with Gasteiger partial charge >= 0.3 is 6.09 Å². The number of phenols is 1. The Balaban J connectivity index is 2.25. The van der Waals surface area contributed by atoms with Crippen molar-refractivity contribution in [2.45, 2.75) is 31.3 Å². The van der Waals surface area contributed by atoms with Crippen molar-refractivity contribution >= 4 is 39.5 Å². The topological polar surface area (TPSA) is 78.8 Å². The molecule has 0 aliphatic rings. The summed E-state index contributed by atoms with van der Waals surface area (Å²) in [7, 11) is 0. The van der Waals surface area contributed by atoms with Crippen molar-refractivity contribution in [3.05, 3.63) is 52.5 Å². The molecule has 3 N–H and O–H groups in total. The zero-order valence-electron chi connectivity index (χ0n) is 15.5. The first-order valence-corrected chi connectivity index (χ1v) is 10.5. The molecule has 1 amide bonds. The van der Waals surface area contributed by atoms with Crippen molar-refractivity contribution in [1.82, 2.24) is 0 Å². The smallest absolute Gasteiger partial charge is 0.412 e. The number of nitrogens with one attached hydrogen (secondary N) is 1. The molecule has 0 aliphatic carbocycles. The number of carbonyl (C=O) groups is 1. The lowest BCUT2D eigenvalue weighted by Gasteiger charge is -2.34. The zero-order valence-corrected chi connectivity index (χ0v) is 17.9.